The predicted molar refractivity (Wildman–Crippen MR) is 122 cm³/mol. The summed E-state index contributed by atoms with van der Waals surface area (Å²) in [4.78, 5) is 11.4. The van der Waals surface area contributed by atoms with Crippen LogP contribution in [0.25, 0.3) is 11.3 Å². The van der Waals surface area contributed by atoms with Crippen molar-refractivity contribution in [1.29, 1.82) is 0 Å². The normalized spacial score (nSPS) is 14.6. The monoisotopic (exact) mass is 417 g/mol. The van der Waals surface area contributed by atoms with E-state index in [9.17, 15) is 0 Å². The van der Waals surface area contributed by atoms with E-state index in [4.69, 9.17) is 9.84 Å². The number of nitrogens with zero attached hydrogens (tertiary/aromatic N) is 6. The van der Waals surface area contributed by atoms with Crippen molar-refractivity contribution in [2.75, 3.05) is 30.4 Å². The van der Waals surface area contributed by atoms with Gasteiger partial charge in [0.25, 0.3) is 0 Å². The van der Waals surface area contributed by atoms with E-state index in [2.05, 4.69) is 32.3 Å². The maximum atomic E-state index is 5.62. The molecule has 1 aromatic carbocycles. The number of benzene rings is 1. The standard InChI is InChI=1S/C23H27N7O/c1-17-15-29(16-24-17)19-11-10-18(14-20(19)31-2)25-23-26-21-8-7-9-22(30(21)27-23)28-12-5-3-4-6-13-28/h7-11,14-16H,3-6,12-13H2,1-2H3,(H,25,27). The van der Waals surface area contributed by atoms with E-state index in [1.807, 2.05) is 46.5 Å². The fourth-order valence-corrected chi connectivity index (χ4v) is 4.13. The van der Waals surface area contributed by atoms with Crippen molar-refractivity contribution in [2.45, 2.75) is 32.6 Å². The SMILES string of the molecule is COc1cc(Nc2nc3cccc(N4CCCCCC4)n3n2)ccc1-n1cnc(C)c1. The third kappa shape index (κ3) is 3.93. The van der Waals surface area contributed by atoms with E-state index in [1.165, 1.54) is 25.7 Å². The van der Waals surface area contributed by atoms with Crippen LogP contribution in [0.2, 0.25) is 0 Å². The van der Waals surface area contributed by atoms with Crippen molar-refractivity contribution >= 4 is 23.1 Å². The molecule has 3 aromatic heterocycles. The minimum Gasteiger partial charge on any atom is -0.494 e. The number of nitrogens with one attached hydrogen (secondary N) is 1. The molecule has 0 aliphatic carbocycles. The lowest BCUT2D eigenvalue weighted by Gasteiger charge is -2.22. The van der Waals surface area contributed by atoms with Gasteiger partial charge in [-0.05, 0) is 44.0 Å². The molecule has 8 nitrogen and oxygen atoms in total. The summed E-state index contributed by atoms with van der Waals surface area (Å²) < 4.78 is 9.51. The number of methoxy groups -OCH3 is 1. The lowest BCUT2D eigenvalue weighted by atomic mass is 10.2. The molecule has 0 saturated carbocycles. The molecule has 5 rings (SSSR count). The van der Waals surface area contributed by atoms with Crippen LogP contribution in [0.5, 0.6) is 5.75 Å². The Morgan fingerprint density at radius 1 is 1.03 bits per heavy atom. The fraction of sp³-hybridized carbons (Fsp3) is 0.348. The zero-order chi connectivity index (χ0) is 21.2. The van der Waals surface area contributed by atoms with Gasteiger partial charge in [-0.3, -0.25) is 0 Å². The minimum atomic E-state index is 0.565. The first kappa shape index (κ1) is 19.4. The first-order valence-corrected chi connectivity index (χ1v) is 10.8. The third-order valence-electron chi connectivity index (χ3n) is 5.70. The van der Waals surface area contributed by atoms with Crippen LogP contribution in [0.4, 0.5) is 17.5 Å². The van der Waals surface area contributed by atoms with E-state index >= 15 is 0 Å². The summed E-state index contributed by atoms with van der Waals surface area (Å²) in [5.74, 6) is 2.41. The highest BCUT2D eigenvalue weighted by Crippen LogP contribution is 2.28. The average Bonchev–Trinajstić information content (AvgIpc) is 3.29. The van der Waals surface area contributed by atoms with Crippen molar-refractivity contribution in [3.05, 3.63) is 54.6 Å². The molecule has 1 aliphatic heterocycles. The van der Waals surface area contributed by atoms with Gasteiger partial charge >= 0.3 is 0 Å². The Kier molecular flexibility index (Phi) is 5.19. The summed E-state index contributed by atoms with van der Waals surface area (Å²) >= 11 is 0. The molecular weight excluding hydrogens is 390 g/mol. The average molecular weight is 418 g/mol. The van der Waals surface area contributed by atoms with E-state index < -0.39 is 0 Å². The minimum absolute atomic E-state index is 0.565. The number of pyridine rings is 1. The Bertz CT molecular complexity index is 1190. The maximum Gasteiger partial charge on any atom is 0.247 e. The highest BCUT2D eigenvalue weighted by atomic mass is 16.5. The summed E-state index contributed by atoms with van der Waals surface area (Å²) in [6, 6.07) is 12.1. The molecule has 31 heavy (non-hydrogen) atoms. The molecule has 1 N–H and O–H groups in total. The van der Waals surface area contributed by atoms with Crippen LogP contribution in [0.15, 0.2) is 48.9 Å². The third-order valence-corrected chi connectivity index (χ3v) is 5.70. The van der Waals surface area contributed by atoms with Crippen molar-refractivity contribution in [2.24, 2.45) is 0 Å². The Labute approximate surface area is 181 Å². The van der Waals surface area contributed by atoms with Crippen LogP contribution in [0.3, 0.4) is 0 Å². The highest BCUT2D eigenvalue weighted by Gasteiger charge is 2.15. The van der Waals surface area contributed by atoms with Gasteiger partial charge in [0.1, 0.15) is 11.6 Å². The van der Waals surface area contributed by atoms with Crippen LogP contribution in [0.1, 0.15) is 31.4 Å². The summed E-state index contributed by atoms with van der Waals surface area (Å²) in [7, 11) is 1.67. The van der Waals surface area contributed by atoms with Crippen molar-refractivity contribution < 1.29 is 4.74 Å². The van der Waals surface area contributed by atoms with Gasteiger partial charge in [-0.15, -0.1) is 5.10 Å². The molecule has 1 saturated heterocycles. The predicted octanol–water partition coefficient (Wildman–Crippen LogP) is 4.36. The van der Waals surface area contributed by atoms with Gasteiger partial charge in [0, 0.05) is 31.0 Å². The quantitative estimate of drug-likeness (QED) is 0.520. The second kappa shape index (κ2) is 8.29. The van der Waals surface area contributed by atoms with Crippen molar-refractivity contribution in [1.82, 2.24) is 24.1 Å². The number of hydrogen-bond donors (Lipinski definition) is 1. The second-order valence-corrected chi connectivity index (χ2v) is 7.92. The number of ether oxygens (including phenoxy) is 1. The molecule has 8 heteroatoms. The molecule has 0 spiro atoms. The Morgan fingerprint density at radius 2 is 1.87 bits per heavy atom. The first-order chi connectivity index (χ1) is 15.2. The number of fused-ring (bicyclic) bond motifs is 1. The van der Waals surface area contributed by atoms with Gasteiger partial charge in [-0.2, -0.15) is 9.50 Å². The van der Waals surface area contributed by atoms with Crippen LogP contribution in [-0.4, -0.2) is 44.3 Å². The molecular formula is C23H27N7O. The molecule has 160 valence electrons. The lowest BCUT2D eigenvalue weighted by Crippen LogP contribution is -2.26. The zero-order valence-corrected chi connectivity index (χ0v) is 18.0. The van der Waals surface area contributed by atoms with Gasteiger partial charge in [-0.1, -0.05) is 18.9 Å². The van der Waals surface area contributed by atoms with Crippen molar-refractivity contribution in [3.8, 4) is 11.4 Å². The zero-order valence-electron chi connectivity index (χ0n) is 18.0. The van der Waals surface area contributed by atoms with Crippen LogP contribution in [-0.2, 0) is 0 Å². The Balaban J connectivity index is 1.43. The largest absolute Gasteiger partial charge is 0.494 e. The van der Waals surface area contributed by atoms with Gasteiger partial charge in [-0.25, -0.2) is 4.98 Å². The summed E-state index contributed by atoms with van der Waals surface area (Å²) in [5, 5.41) is 8.08. The molecule has 0 unspecified atom stereocenters. The molecule has 1 fully saturated rings. The Hall–Kier alpha value is -3.55. The molecule has 1 aliphatic rings. The number of rotatable bonds is 5. The number of anilines is 3. The van der Waals surface area contributed by atoms with Crippen LogP contribution < -0.4 is 15.0 Å². The molecule has 0 radical (unpaired) electrons. The van der Waals surface area contributed by atoms with Gasteiger partial charge in [0.05, 0.1) is 24.8 Å². The Morgan fingerprint density at radius 3 is 2.61 bits per heavy atom. The topological polar surface area (TPSA) is 72.5 Å². The van der Waals surface area contributed by atoms with E-state index in [-0.39, 0.29) is 0 Å². The molecule has 0 amide bonds. The van der Waals surface area contributed by atoms with Gasteiger partial charge < -0.3 is 19.5 Å². The van der Waals surface area contributed by atoms with Crippen molar-refractivity contribution in [3.63, 3.8) is 0 Å². The van der Waals surface area contributed by atoms with Gasteiger partial charge in [0.2, 0.25) is 5.95 Å². The van der Waals surface area contributed by atoms with E-state index in [0.29, 0.717) is 5.95 Å². The summed E-state index contributed by atoms with van der Waals surface area (Å²) in [6.07, 6.45) is 8.80. The van der Waals surface area contributed by atoms with Crippen LogP contribution >= 0.6 is 0 Å². The highest BCUT2D eigenvalue weighted by molar-refractivity contribution is 5.63. The number of hydrogen-bond acceptors (Lipinski definition) is 6. The van der Waals surface area contributed by atoms with Gasteiger partial charge in [0.15, 0.2) is 5.65 Å². The fourth-order valence-electron chi connectivity index (χ4n) is 4.13. The smallest absolute Gasteiger partial charge is 0.247 e. The number of imidazole rings is 1. The summed E-state index contributed by atoms with van der Waals surface area (Å²) in [5.41, 5.74) is 3.59. The number of aromatic nitrogens is 5. The van der Waals surface area contributed by atoms with Crippen LogP contribution in [0, 0.1) is 6.92 Å². The lowest BCUT2D eigenvalue weighted by molar-refractivity contribution is 0.413. The molecule has 4 aromatic rings. The molecule has 0 atom stereocenters. The molecule has 0 bridgehead atoms. The second-order valence-electron chi connectivity index (χ2n) is 7.92. The maximum absolute atomic E-state index is 5.62. The molecule has 4 heterocycles. The van der Waals surface area contributed by atoms with E-state index in [1.54, 1.807) is 13.4 Å². The summed E-state index contributed by atoms with van der Waals surface area (Å²) in [6.45, 7) is 4.09. The van der Waals surface area contributed by atoms with E-state index in [0.717, 1.165) is 47.4 Å². The first-order valence-electron chi connectivity index (χ1n) is 10.8. The number of aryl methyl sites for hydroxylation is 1.